The Labute approximate surface area is 165 Å². The highest BCUT2D eigenvalue weighted by atomic mass is 32.2. The van der Waals surface area contributed by atoms with E-state index in [1.165, 1.54) is 41.8 Å². The molecule has 4 rings (SSSR count). The molecule has 0 radical (unpaired) electrons. The molecule has 8 heteroatoms. The monoisotopic (exact) mass is 410 g/mol. The highest BCUT2D eigenvalue weighted by Gasteiger charge is 2.41. The van der Waals surface area contributed by atoms with Crippen molar-refractivity contribution < 1.29 is 22.3 Å². The van der Waals surface area contributed by atoms with Gasteiger partial charge in [-0.25, -0.2) is 12.8 Å². The number of rotatable bonds is 4. The average Bonchev–Trinajstić information content (AvgIpc) is 2.68. The topological polar surface area (TPSA) is 66.9 Å². The number of amides is 1. The number of fused-ring (bicyclic) bond motifs is 2. The second-order valence-corrected chi connectivity index (χ2v) is 10.1. The van der Waals surface area contributed by atoms with Crippen molar-refractivity contribution in [1.29, 1.82) is 0 Å². The zero-order chi connectivity index (χ0) is 19.7. The number of benzene rings is 1. The maximum atomic E-state index is 13.5. The first-order valence-electron chi connectivity index (χ1n) is 10.1. The summed E-state index contributed by atoms with van der Waals surface area (Å²) in [5, 5.41) is 0. The summed E-state index contributed by atoms with van der Waals surface area (Å²) in [7, 11) is -3.78. The van der Waals surface area contributed by atoms with E-state index in [4.69, 9.17) is 4.74 Å². The van der Waals surface area contributed by atoms with Gasteiger partial charge in [-0.05, 0) is 37.0 Å². The number of hydrogen-bond acceptors (Lipinski definition) is 4. The van der Waals surface area contributed by atoms with E-state index < -0.39 is 15.8 Å². The smallest absolute Gasteiger partial charge is 0.243 e. The van der Waals surface area contributed by atoms with Crippen molar-refractivity contribution in [2.75, 3.05) is 26.2 Å². The first-order valence-corrected chi connectivity index (χ1v) is 11.5. The van der Waals surface area contributed by atoms with E-state index in [0.29, 0.717) is 25.4 Å². The van der Waals surface area contributed by atoms with Gasteiger partial charge < -0.3 is 9.64 Å². The molecule has 28 heavy (non-hydrogen) atoms. The van der Waals surface area contributed by atoms with Crippen LogP contribution in [0.15, 0.2) is 29.2 Å². The number of halogens is 1. The van der Waals surface area contributed by atoms with Crippen LogP contribution < -0.4 is 0 Å². The molecule has 1 amide bonds. The van der Waals surface area contributed by atoms with Crippen LogP contribution in [-0.2, 0) is 19.6 Å². The second-order valence-electron chi connectivity index (χ2n) is 8.17. The zero-order valence-electron chi connectivity index (χ0n) is 15.9. The van der Waals surface area contributed by atoms with Gasteiger partial charge in [0.15, 0.2) is 0 Å². The second kappa shape index (κ2) is 8.08. The van der Waals surface area contributed by atoms with Gasteiger partial charge >= 0.3 is 0 Å². The highest BCUT2D eigenvalue weighted by molar-refractivity contribution is 7.89. The van der Waals surface area contributed by atoms with Crippen LogP contribution in [0.1, 0.15) is 38.5 Å². The minimum absolute atomic E-state index is 0.0438. The Bertz CT molecular complexity index is 811. The van der Waals surface area contributed by atoms with Crippen molar-refractivity contribution in [2.45, 2.75) is 55.6 Å². The zero-order valence-corrected chi connectivity index (χ0v) is 16.7. The maximum Gasteiger partial charge on any atom is 0.243 e. The molecule has 3 aliphatic rings. The van der Waals surface area contributed by atoms with Crippen LogP contribution >= 0.6 is 0 Å². The minimum atomic E-state index is -3.78. The average molecular weight is 411 g/mol. The Morgan fingerprint density at radius 2 is 1.75 bits per heavy atom. The van der Waals surface area contributed by atoms with Crippen LogP contribution in [0.2, 0.25) is 0 Å². The van der Waals surface area contributed by atoms with Crippen molar-refractivity contribution >= 4 is 15.9 Å². The Kier molecular flexibility index (Phi) is 5.71. The molecule has 2 heterocycles. The molecule has 2 bridgehead atoms. The van der Waals surface area contributed by atoms with Crippen molar-refractivity contribution in [3.8, 4) is 0 Å². The van der Waals surface area contributed by atoms with Gasteiger partial charge in [-0.15, -0.1) is 0 Å². The predicted octanol–water partition coefficient (Wildman–Crippen LogP) is 2.40. The van der Waals surface area contributed by atoms with E-state index >= 15 is 0 Å². The normalized spacial score (nSPS) is 27.0. The fourth-order valence-corrected chi connectivity index (χ4v) is 6.13. The summed E-state index contributed by atoms with van der Waals surface area (Å²) in [4.78, 5) is 14.5. The number of hydrogen-bond donors (Lipinski definition) is 0. The van der Waals surface area contributed by atoms with Gasteiger partial charge in [0.25, 0.3) is 0 Å². The Morgan fingerprint density at radius 3 is 2.39 bits per heavy atom. The third-order valence-corrected chi connectivity index (χ3v) is 7.85. The molecule has 0 spiro atoms. The standard InChI is InChI=1S/C20H27FN2O4S/c21-16-7-4-8-19(10-16)28(25,26)23-13-17-11-22(12-18(14-23)27-17)20(24)9-15-5-2-1-3-6-15/h4,7-8,10,15,17-18H,1-3,5-6,9,11-14H2. The fraction of sp³-hybridized carbons (Fsp3) is 0.650. The molecular formula is C20H27FN2O4S. The van der Waals surface area contributed by atoms with Crippen molar-refractivity contribution in [1.82, 2.24) is 9.21 Å². The summed E-state index contributed by atoms with van der Waals surface area (Å²) >= 11 is 0. The summed E-state index contributed by atoms with van der Waals surface area (Å²) in [5.74, 6) is 0.0643. The largest absolute Gasteiger partial charge is 0.369 e. The Morgan fingerprint density at radius 1 is 1.07 bits per heavy atom. The van der Waals surface area contributed by atoms with Crippen LogP contribution in [0.5, 0.6) is 0 Å². The number of ether oxygens (including phenoxy) is 1. The van der Waals surface area contributed by atoms with Gasteiger partial charge in [-0.3, -0.25) is 4.79 Å². The number of carbonyl (C=O) groups is 1. The van der Waals surface area contributed by atoms with Gasteiger partial charge in [0.1, 0.15) is 5.82 Å². The first kappa shape index (κ1) is 19.8. The molecule has 2 aliphatic heterocycles. The number of nitrogens with zero attached hydrogens (tertiary/aromatic N) is 2. The predicted molar refractivity (Wildman–Crippen MR) is 102 cm³/mol. The number of morpholine rings is 2. The lowest BCUT2D eigenvalue weighted by atomic mass is 9.86. The van der Waals surface area contributed by atoms with Crippen LogP contribution in [0, 0.1) is 11.7 Å². The van der Waals surface area contributed by atoms with Crippen LogP contribution in [0.4, 0.5) is 4.39 Å². The molecule has 0 N–H and O–H groups in total. The Hall–Kier alpha value is -1.51. The van der Waals surface area contributed by atoms with Crippen molar-refractivity contribution in [3.05, 3.63) is 30.1 Å². The summed E-state index contributed by atoms with van der Waals surface area (Å²) in [5.41, 5.74) is 0. The maximum absolute atomic E-state index is 13.5. The summed E-state index contributed by atoms with van der Waals surface area (Å²) < 4.78 is 46.5. The highest BCUT2D eigenvalue weighted by Crippen LogP contribution is 2.29. The van der Waals surface area contributed by atoms with E-state index in [1.807, 2.05) is 4.90 Å². The molecule has 3 fully saturated rings. The van der Waals surface area contributed by atoms with Gasteiger partial charge in [0.2, 0.25) is 15.9 Å². The number of carbonyl (C=O) groups excluding carboxylic acids is 1. The lowest BCUT2D eigenvalue weighted by Crippen LogP contribution is -2.61. The van der Waals surface area contributed by atoms with Crippen molar-refractivity contribution in [2.24, 2.45) is 5.92 Å². The van der Waals surface area contributed by atoms with E-state index in [2.05, 4.69) is 0 Å². The molecule has 0 aromatic heterocycles. The first-order chi connectivity index (χ1) is 13.4. The molecule has 6 nitrogen and oxygen atoms in total. The van der Waals surface area contributed by atoms with Crippen LogP contribution in [-0.4, -0.2) is 61.9 Å². The third kappa shape index (κ3) is 4.23. The van der Waals surface area contributed by atoms with Crippen molar-refractivity contribution in [3.63, 3.8) is 0 Å². The molecule has 2 atom stereocenters. The van der Waals surface area contributed by atoms with E-state index in [-0.39, 0.29) is 36.1 Å². The lowest BCUT2D eigenvalue weighted by Gasteiger charge is -2.45. The molecule has 1 aromatic carbocycles. The third-order valence-electron chi connectivity index (χ3n) is 6.02. The summed E-state index contributed by atoms with van der Waals surface area (Å²) in [6, 6.07) is 5.07. The van der Waals surface area contributed by atoms with Crippen LogP contribution in [0.25, 0.3) is 0 Å². The summed E-state index contributed by atoms with van der Waals surface area (Å²) in [6.45, 7) is 1.19. The molecular weight excluding hydrogens is 383 g/mol. The van der Waals surface area contributed by atoms with Gasteiger partial charge in [0, 0.05) is 32.6 Å². The molecule has 154 valence electrons. The van der Waals surface area contributed by atoms with E-state index in [1.54, 1.807) is 0 Å². The van der Waals surface area contributed by atoms with E-state index in [9.17, 15) is 17.6 Å². The lowest BCUT2D eigenvalue weighted by molar-refractivity contribution is -0.155. The SMILES string of the molecule is O=C(CC1CCCCC1)N1CC2CN(S(=O)(=O)c3cccc(F)c3)CC(C1)O2. The van der Waals surface area contributed by atoms with Crippen LogP contribution in [0.3, 0.4) is 0 Å². The van der Waals surface area contributed by atoms with Gasteiger partial charge in [-0.1, -0.05) is 25.3 Å². The van der Waals surface area contributed by atoms with Gasteiger partial charge in [-0.2, -0.15) is 4.31 Å². The molecule has 1 saturated carbocycles. The van der Waals surface area contributed by atoms with Gasteiger partial charge in [0.05, 0.1) is 17.1 Å². The quantitative estimate of drug-likeness (QED) is 0.765. The molecule has 1 aliphatic carbocycles. The Balaban J connectivity index is 1.40. The molecule has 2 saturated heterocycles. The fourth-order valence-electron chi connectivity index (χ4n) is 4.60. The summed E-state index contributed by atoms with van der Waals surface area (Å²) in [6.07, 6.45) is 5.84. The number of sulfonamides is 1. The minimum Gasteiger partial charge on any atom is -0.369 e. The molecule has 2 unspecified atom stereocenters. The molecule has 1 aromatic rings. The van der Waals surface area contributed by atoms with E-state index in [0.717, 1.165) is 18.9 Å².